The van der Waals surface area contributed by atoms with Gasteiger partial charge in [0.25, 0.3) is 5.69 Å². The van der Waals surface area contributed by atoms with E-state index in [0.717, 1.165) is 5.56 Å². The Labute approximate surface area is 133 Å². The quantitative estimate of drug-likeness (QED) is 0.667. The topological polar surface area (TPSA) is 58.4 Å². The fourth-order valence-corrected chi connectivity index (χ4v) is 4.12. The second-order valence-corrected chi connectivity index (χ2v) is 6.68. The van der Waals surface area contributed by atoms with Crippen LogP contribution in [0.1, 0.15) is 31.2 Å². The van der Waals surface area contributed by atoms with Crippen LogP contribution >= 0.6 is 15.9 Å². The summed E-state index contributed by atoms with van der Waals surface area (Å²) in [4.78, 5) is 13.2. The Morgan fingerprint density at radius 1 is 1.33 bits per heavy atom. The number of hydrogen-bond acceptors (Lipinski definition) is 4. The van der Waals surface area contributed by atoms with Crippen LogP contribution in [-0.2, 0) is 6.54 Å². The Morgan fingerprint density at radius 2 is 2.19 bits per heavy atom. The van der Waals surface area contributed by atoms with Gasteiger partial charge in [0.1, 0.15) is 0 Å². The molecule has 3 rings (SSSR count). The van der Waals surface area contributed by atoms with Crippen LogP contribution in [0.15, 0.2) is 22.7 Å². The summed E-state index contributed by atoms with van der Waals surface area (Å²) < 4.78 is 0.598. The van der Waals surface area contributed by atoms with Crippen LogP contribution in [0.2, 0.25) is 0 Å². The molecule has 2 fully saturated rings. The van der Waals surface area contributed by atoms with Gasteiger partial charge >= 0.3 is 0 Å². The predicted octanol–water partition coefficient (Wildman–Crippen LogP) is 3.07. The van der Waals surface area contributed by atoms with E-state index in [4.69, 9.17) is 0 Å². The third kappa shape index (κ3) is 3.12. The van der Waals surface area contributed by atoms with Crippen molar-refractivity contribution in [2.24, 2.45) is 0 Å². The average molecular weight is 354 g/mol. The Bertz CT molecular complexity index is 538. The van der Waals surface area contributed by atoms with Crippen molar-refractivity contribution in [1.82, 2.24) is 10.2 Å². The first-order valence-corrected chi connectivity index (χ1v) is 8.35. The molecule has 1 aromatic rings. The van der Waals surface area contributed by atoms with Crippen molar-refractivity contribution in [2.75, 3.05) is 13.1 Å². The number of rotatable bonds is 4. The number of piperidine rings is 1. The number of hydrogen-bond donors (Lipinski definition) is 1. The summed E-state index contributed by atoms with van der Waals surface area (Å²) in [5.41, 5.74) is 1.10. The maximum Gasteiger partial charge on any atom is 0.283 e. The number of benzene rings is 1. The number of nitro groups is 1. The van der Waals surface area contributed by atoms with Crippen molar-refractivity contribution in [1.29, 1.82) is 0 Å². The molecule has 1 N–H and O–H groups in total. The summed E-state index contributed by atoms with van der Waals surface area (Å²) in [6.45, 7) is 3.08. The Hall–Kier alpha value is -0.980. The van der Waals surface area contributed by atoms with Gasteiger partial charge in [-0.05, 0) is 47.3 Å². The highest BCUT2D eigenvalue weighted by molar-refractivity contribution is 9.10. The van der Waals surface area contributed by atoms with Crippen LogP contribution in [0, 0.1) is 10.1 Å². The Kier molecular flexibility index (Phi) is 4.57. The number of nitrogens with zero attached hydrogens (tertiary/aromatic N) is 2. The molecule has 2 atom stereocenters. The van der Waals surface area contributed by atoms with Crippen molar-refractivity contribution >= 4 is 21.6 Å². The Morgan fingerprint density at radius 3 is 3.00 bits per heavy atom. The van der Waals surface area contributed by atoms with Gasteiger partial charge in [0.15, 0.2) is 0 Å². The normalized spacial score (nSPS) is 25.8. The molecule has 0 amide bonds. The molecule has 0 spiro atoms. The van der Waals surface area contributed by atoms with E-state index in [-0.39, 0.29) is 10.6 Å². The lowest BCUT2D eigenvalue weighted by Crippen LogP contribution is -2.44. The molecule has 0 bridgehead atoms. The summed E-state index contributed by atoms with van der Waals surface area (Å²) in [5.74, 6) is 0. The molecule has 114 valence electrons. The van der Waals surface area contributed by atoms with E-state index < -0.39 is 0 Å². The molecule has 21 heavy (non-hydrogen) atoms. The molecule has 0 saturated carbocycles. The summed E-state index contributed by atoms with van der Waals surface area (Å²) in [5, 5.41) is 14.6. The molecular formula is C15H20BrN3O2. The molecule has 2 unspecified atom stereocenters. The van der Waals surface area contributed by atoms with Crippen molar-refractivity contribution in [3.05, 3.63) is 38.3 Å². The molecule has 2 aliphatic heterocycles. The first-order valence-electron chi connectivity index (χ1n) is 7.56. The third-order valence-electron chi connectivity index (χ3n) is 4.67. The zero-order valence-corrected chi connectivity index (χ0v) is 13.5. The van der Waals surface area contributed by atoms with Gasteiger partial charge in [0, 0.05) is 31.2 Å². The van der Waals surface area contributed by atoms with E-state index in [2.05, 4.69) is 26.1 Å². The molecule has 2 heterocycles. The lowest BCUT2D eigenvalue weighted by molar-refractivity contribution is -0.385. The predicted molar refractivity (Wildman–Crippen MR) is 85.3 cm³/mol. The van der Waals surface area contributed by atoms with Gasteiger partial charge in [-0.3, -0.25) is 15.0 Å². The molecule has 0 aliphatic carbocycles. The lowest BCUT2D eigenvalue weighted by Gasteiger charge is -2.32. The highest BCUT2D eigenvalue weighted by Crippen LogP contribution is 2.30. The summed E-state index contributed by atoms with van der Waals surface area (Å²) in [6.07, 6.45) is 5.09. The van der Waals surface area contributed by atoms with E-state index in [0.29, 0.717) is 23.1 Å². The molecule has 0 aromatic heterocycles. The van der Waals surface area contributed by atoms with Crippen molar-refractivity contribution in [3.63, 3.8) is 0 Å². The van der Waals surface area contributed by atoms with Crippen LogP contribution in [0.5, 0.6) is 0 Å². The first-order chi connectivity index (χ1) is 10.2. The van der Waals surface area contributed by atoms with Gasteiger partial charge in [-0.15, -0.1) is 0 Å². The van der Waals surface area contributed by atoms with Crippen LogP contribution in [0.4, 0.5) is 5.69 Å². The van der Waals surface area contributed by atoms with E-state index >= 15 is 0 Å². The summed E-state index contributed by atoms with van der Waals surface area (Å²) >= 11 is 3.37. The number of halogens is 1. The van der Waals surface area contributed by atoms with Crippen LogP contribution in [0.3, 0.4) is 0 Å². The van der Waals surface area contributed by atoms with Crippen molar-refractivity contribution < 1.29 is 4.92 Å². The maximum absolute atomic E-state index is 11.0. The SMILES string of the molecule is O=[N+]([O-])c1cccc(CNC2CCN3CCCCC23)c1Br. The maximum atomic E-state index is 11.0. The third-order valence-corrected chi connectivity index (χ3v) is 5.58. The smallest absolute Gasteiger partial charge is 0.283 e. The molecule has 2 saturated heterocycles. The fourth-order valence-electron chi connectivity index (χ4n) is 3.57. The largest absolute Gasteiger partial charge is 0.308 e. The number of nitro benzene ring substituents is 1. The standard InChI is InChI=1S/C15H20BrN3O2/c16-15-11(4-3-6-14(15)19(20)21)10-17-12-7-9-18-8-2-1-5-13(12)18/h3-4,6,12-13,17H,1-2,5,7-10H2. The highest BCUT2D eigenvalue weighted by atomic mass is 79.9. The van der Waals surface area contributed by atoms with Gasteiger partial charge in [-0.25, -0.2) is 0 Å². The van der Waals surface area contributed by atoms with E-state index in [1.807, 2.05) is 6.07 Å². The average Bonchev–Trinajstić information content (AvgIpc) is 2.89. The first kappa shape index (κ1) is 14.9. The zero-order valence-electron chi connectivity index (χ0n) is 11.9. The zero-order chi connectivity index (χ0) is 14.8. The monoisotopic (exact) mass is 353 g/mol. The van der Waals surface area contributed by atoms with Crippen LogP contribution in [-0.4, -0.2) is 35.0 Å². The molecule has 5 nitrogen and oxygen atoms in total. The number of fused-ring (bicyclic) bond motifs is 1. The summed E-state index contributed by atoms with van der Waals surface area (Å²) in [7, 11) is 0. The second kappa shape index (κ2) is 6.42. The van der Waals surface area contributed by atoms with E-state index in [1.165, 1.54) is 44.8 Å². The van der Waals surface area contributed by atoms with Gasteiger partial charge in [-0.1, -0.05) is 18.6 Å². The second-order valence-electron chi connectivity index (χ2n) is 5.88. The lowest BCUT2D eigenvalue weighted by atomic mass is 9.99. The minimum Gasteiger partial charge on any atom is -0.308 e. The Balaban J connectivity index is 1.65. The molecule has 6 heteroatoms. The molecular weight excluding hydrogens is 334 g/mol. The van der Waals surface area contributed by atoms with Crippen molar-refractivity contribution in [2.45, 2.75) is 44.3 Å². The highest BCUT2D eigenvalue weighted by Gasteiger charge is 2.35. The minimum absolute atomic E-state index is 0.139. The van der Waals surface area contributed by atoms with Gasteiger partial charge < -0.3 is 5.32 Å². The van der Waals surface area contributed by atoms with E-state index in [1.54, 1.807) is 6.07 Å². The van der Waals surface area contributed by atoms with Crippen LogP contribution in [0.25, 0.3) is 0 Å². The molecule has 1 aromatic carbocycles. The van der Waals surface area contributed by atoms with Crippen LogP contribution < -0.4 is 5.32 Å². The van der Waals surface area contributed by atoms with Crippen molar-refractivity contribution in [3.8, 4) is 0 Å². The molecule has 2 aliphatic rings. The molecule has 0 radical (unpaired) electrons. The number of nitrogens with one attached hydrogen (secondary N) is 1. The van der Waals surface area contributed by atoms with Gasteiger partial charge in [0.2, 0.25) is 0 Å². The van der Waals surface area contributed by atoms with Gasteiger partial charge in [-0.2, -0.15) is 0 Å². The minimum atomic E-state index is -0.341. The van der Waals surface area contributed by atoms with Gasteiger partial charge in [0.05, 0.1) is 9.40 Å². The fraction of sp³-hybridized carbons (Fsp3) is 0.600. The summed E-state index contributed by atoms with van der Waals surface area (Å²) in [6, 6.07) is 6.39. The van der Waals surface area contributed by atoms with E-state index in [9.17, 15) is 10.1 Å².